The summed E-state index contributed by atoms with van der Waals surface area (Å²) in [5, 5.41) is 3.86. The molecule has 24 heavy (non-hydrogen) atoms. The molecule has 0 bridgehead atoms. The maximum Gasteiger partial charge on any atom is 0.384 e. The van der Waals surface area contributed by atoms with Crippen molar-refractivity contribution in [2.45, 2.75) is 26.4 Å². The Morgan fingerprint density at radius 1 is 1.17 bits per heavy atom. The molecule has 3 aromatic rings. The minimum Gasteiger partial charge on any atom is -0.402 e. The summed E-state index contributed by atoms with van der Waals surface area (Å²) in [4.78, 5) is 26.5. The summed E-state index contributed by atoms with van der Waals surface area (Å²) in [6.45, 7) is 5.59. The fourth-order valence-electron chi connectivity index (χ4n) is 2.16. The summed E-state index contributed by atoms with van der Waals surface area (Å²) < 4.78 is 2.11. The van der Waals surface area contributed by atoms with Crippen LogP contribution in [0.2, 0.25) is 0 Å². The van der Waals surface area contributed by atoms with Crippen molar-refractivity contribution in [2.24, 2.45) is 0 Å². The minimum absolute atomic E-state index is 0.423. The number of benzene rings is 1. The van der Waals surface area contributed by atoms with Gasteiger partial charge in [-0.25, -0.2) is 9.78 Å². The Hall–Kier alpha value is -2.41. The van der Waals surface area contributed by atoms with Crippen molar-refractivity contribution in [3.8, 4) is 0 Å². The van der Waals surface area contributed by atoms with Crippen molar-refractivity contribution in [1.82, 2.24) is 14.7 Å². The summed E-state index contributed by atoms with van der Waals surface area (Å²) in [5.41, 5.74) is 0.184. The van der Waals surface area contributed by atoms with Crippen LogP contribution in [0.4, 0.5) is 11.5 Å². The standard InChI is InChI=1S/C17H17BrN4O2/c1-17(2,3)24-22-15-13(5-4-10-19-15)14(21-16(22)23)20-12-8-6-11(18)7-9-12/h4-10H,1-3H3,(H,20,21,23). The Morgan fingerprint density at radius 3 is 2.54 bits per heavy atom. The molecule has 7 heteroatoms. The van der Waals surface area contributed by atoms with E-state index in [0.29, 0.717) is 16.9 Å². The van der Waals surface area contributed by atoms with E-state index in [2.05, 4.69) is 31.2 Å². The monoisotopic (exact) mass is 388 g/mol. The van der Waals surface area contributed by atoms with Crippen LogP contribution in [-0.4, -0.2) is 20.3 Å². The number of halogens is 1. The predicted octanol–water partition coefficient (Wildman–Crippen LogP) is 3.52. The second kappa shape index (κ2) is 6.24. The average molecular weight is 389 g/mol. The molecule has 0 atom stereocenters. The van der Waals surface area contributed by atoms with Gasteiger partial charge in [0.25, 0.3) is 0 Å². The molecule has 0 radical (unpaired) electrons. The van der Waals surface area contributed by atoms with E-state index in [4.69, 9.17) is 4.84 Å². The number of hydrogen-bond acceptors (Lipinski definition) is 5. The van der Waals surface area contributed by atoms with E-state index in [1.54, 1.807) is 12.3 Å². The Kier molecular flexibility index (Phi) is 4.28. The lowest BCUT2D eigenvalue weighted by Crippen LogP contribution is -2.39. The van der Waals surface area contributed by atoms with Crippen LogP contribution in [0, 0.1) is 0 Å². The Morgan fingerprint density at radius 2 is 1.88 bits per heavy atom. The second-order valence-electron chi connectivity index (χ2n) is 6.25. The number of fused-ring (bicyclic) bond motifs is 1. The van der Waals surface area contributed by atoms with Gasteiger partial charge in [0.1, 0.15) is 11.4 Å². The largest absolute Gasteiger partial charge is 0.402 e. The van der Waals surface area contributed by atoms with E-state index < -0.39 is 11.3 Å². The predicted molar refractivity (Wildman–Crippen MR) is 97.6 cm³/mol. The highest BCUT2D eigenvalue weighted by Gasteiger charge is 2.18. The molecule has 2 aromatic heterocycles. The van der Waals surface area contributed by atoms with Gasteiger partial charge in [0, 0.05) is 16.4 Å². The molecule has 6 nitrogen and oxygen atoms in total. The molecule has 0 saturated heterocycles. The molecule has 0 saturated carbocycles. The minimum atomic E-state index is -0.545. The first-order valence-corrected chi connectivity index (χ1v) is 8.23. The molecular formula is C17H17BrN4O2. The number of rotatable bonds is 3. The average Bonchev–Trinajstić information content (AvgIpc) is 2.52. The zero-order valence-electron chi connectivity index (χ0n) is 13.6. The number of nitrogens with one attached hydrogen (secondary N) is 1. The van der Waals surface area contributed by atoms with Crippen LogP contribution in [0.5, 0.6) is 0 Å². The SMILES string of the molecule is CC(C)(C)On1c(=O)nc(Nc2ccc(Br)cc2)c2cccnc21. The fraction of sp³-hybridized carbons (Fsp3) is 0.235. The Bertz CT molecular complexity index is 930. The Balaban J connectivity index is 2.12. The van der Waals surface area contributed by atoms with E-state index in [9.17, 15) is 4.79 Å². The van der Waals surface area contributed by atoms with Gasteiger partial charge in [0.05, 0.1) is 5.39 Å². The molecule has 1 N–H and O–H groups in total. The molecule has 0 fully saturated rings. The summed E-state index contributed by atoms with van der Waals surface area (Å²) >= 11 is 3.40. The molecule has 124 valence electrons. The van der Waals surface area contributed by atoms with E-state index in [-0.39, 0.29) is 0 Å². The number of anilines is 2. The van der Waals surface area contributed by atoms with Crippen molar-refractivity contribution in [2.75, 3.05) is 5.32 Å². The van der Waals surface area contributed by atoms with Gasteiger partial charge in [-0.15, -0.1) is 4.73 Å². The zero-order valence-corrected chi connectivity index (χ0v) is 15.2. The number of aromatic nitrogens is 3. The first kappa shape index (κ1) is 16.4. The highest BCUT2D eigenvalue weighted by atomic mass is 79.9. The van der Waals surface area contributed by atoms with E-state index in [1.807, 2.05) is 51.1 Å². The first-order chi connectivity index (χ1) is 11.3. The molecule has 0 aliphatic rings. The van der Waals surface area contributed by atoms with Crippen molar-refractivity contribution in [1.29, 1.82) is 0 Å². The summed E-state index contributed by atoms with van der Waals surface area (Å²) in [6.07, 6.45) is 1.62. The highest BCUT2D eigenvalue weighted by Crippen LogP contribution is 2.23. The molecular weight excluding hydrogens is 372 g/mol. The third-order valence-corrected chi connectivity index (χ3v) is 3.62. The van der Waals surface area contributed by atoms with Crippen LogP contribution in [0.15, 0.2) is 51.9 Å². The van der Waals surface area contributed by atoms with Crippen molar-refractivity contribution in [3.05, 3.63) is 57.6 Å². The van der Waals surface area contributed by atoms with Gasteiger partial charge in [-0.2, -0.15) is 4.98 Å². The van der Waals surface area contributed by atoms with Crippen LogP contribution >= 0.6 is 15.9 Å². The van der Waals surface area contributed by atoms with Crippen molar-refractivity contribution < 1.29 is 4.84 Å². The van der Waals surface area contributed by atoms with Crippen molar-refractivity contribution in [3.63, 3.8) is 0 Å². The van der Waals surface area contributed by atoms with Gasteiger partial charge in [-0.3, -0.25) is 0 Å². The number of hydrogen-bond donors (Lipinski definition) is 1. The number of pyridine rings is 1. The van der Waals surface area contributed by atoms with Crippen molar-refractivity contribution >= 4 is 38.5 Å². The normalized spacial score (nSPS) is 11.5. The van der Waals surface area contributed by atoms with Crippen LogP contribution < -0.4 is 15.8 Å². The van der Waals surface area contributed by atoms with Gasteiger partial charge in [0.15, 0.2) is 5.65 Å². The summed E-state index contributed by atoms with van der Waals surface area (Å²) in [7, 11) is 0. The van der Waals surface area contributed by atoms with Crippen LogP contribution in [0.25, 0.3) is 11.0 Å². The molecule has 0 unspecified atom stereocenters. The smallest absolute Gasteiger partial charge is 0.384 e. The number of nitrogens with zero attached hydrogens (tertiary/aromatic N) is 3. The van der Waals surface area contributed by atoms with Crippen LogP contribution in [0.3, 0.4) is 0 Å². The summed E-state index contributed by atoms with van der Waals surface area (Å²) in [6, 6.07) is 11.2. The summed E-state index contributed by atoms with van der Waals surface area (Å²) in [5.74, 6) is 0.444. The molecule has 2 heterocycles. The first-order valence-electron chi connectivity index (χ1n) is 7.43. The lowest BCUT2D eigenvalue weighted by molar-refractivity contribution is -0.0160. The molecule has 0 spiro atoms. The van der Waals surface area contributed by atoms with Gasteiger partial charge in [0.2, 0.25) is 0 Å². The third kappa shape index (κ3) is 3.56. The van der Waals surface area contributed by atoms with Crippen LogP contribution in [-0.2, 0) is 0 Å². The Labute approximate surface area is 147 Å². The lowest BCUT2D eigenvalue weighted by atomic mass is 10.2. The van der Waals surface area contributed by atoms with Gasteiger partial charge in [-0.05, 0) is 57.2 Å². The van der Waals surface area contributed by atoms with Gasteiger partial charge < -0.3 is 10.2 Å². The van der Waals surface area contributed by atoms with Crippen LogP contribution in [0.1, 0.15) is 20.8 Å². The highest BCUT2D eigenvalue weighted by molar-refractivity contribution is 9.10. The van der Waals surface area contributed by atoms with E-state index >= 15 is 0 Å². The molecule has 3 rings (SSSR count). The molecule has 1 aromatic carbocycles. The zero-order chi connectivity index (χ0) is 17.3. The third-order valence-electron chi connectivity index (χ3n) is 3.09. The molecule has 0 aliphatic heterocycles. The van der Waals surface area contributed by atoms with E-state index in [0.717, 1.165) is 14.9 Å². The van der Waals surface area contributed by atoms with E-state index in [1.165, 1.54) is 0 Å². The molecule has 0 aliphatic carbocycles. The second-order valence-corrected chi connectivity index (χ2v) is 7.16. The maximum atomic E-state index is 12.4. The maximum absolute atomic E-state index is 12.4. The van der Waals surface area contributed by atoms with Gasteiger partial charge in [-0.1, -0.05) is 15.9 Å². The van der Waals surface area contributed by atoms with Gasteiger partial charge >= 0.3 is 5.69 Å². The molecule has 0 amide bonds. The fourth-order valence-corrected chi connectivity index (χ4v) is 2.42. The quantitative estimate of drug-likeness (QED) is 0.742. The lowest BCUT2D eigenvalue weighted by Gasteiger charge is -2.22. The topological polar surface area (TPSA) is 69.0 Å².